The summed E-state index contributed by atoms with van der Waals surface area (Å²) in [6, 6.07) is 0. The van der Waals surface area contributed by atoms with E-state index in [-0.39, 0.29) is 0 Å². The summed E-state index contributed by atoms with van der Waals surface area (Å²) in [5.41, 5.74) is 0. The fraction of sp³-hybridized carbons (Fsp3) is 0.600. The zero-order chi connectivity index (χ0) is 10.5. The largest absolute Gasteiger partial charge is 0.354 e. The molecule has 0 unspecified atom stereocenters. The van der Waals surface area contributed by atoms with E-state index in [1.165, 1.54) is 12.8 Å². The van der Waals surface area contributed by atoms with E-state index in [9.17, 15) is 0 Å². The maximum absolute atomic E-state index is 5.70. The van der Waals surface area contributed by atoms with Gasteiger partial charge >= 0.3 is 0 Å². The van der Waals surface area contributed by atoms with Gasteiger partial charge in [-0.15, -0.1) is 0 Å². The lowest BCUT2D eigenvalue weighted by Crippen LogP contribution is -2.33. The second-order valence-corrected chi connectivity index (χ2v) is 4.25. The lowest BCUT2D eigenvalue weighted by atomic mass is 10.00. The summed E-state index contributed by atoms with van der Waals surface area (Å²) in [7, 11) is 0. The highest BCUT2D eigenvalue weighted by Crippen LogP contribution is 2.11. The molecule has 0 aromatic carbocycles. The molecule has 0 radical (unpaired) electrons. The van der Waals surface area contributed by atoms with E-state index in [1.807, 2.05) is 0 Å². The number of piperidine rings is 1. The Morgan fingerprint density at radius 1 is 1.47 bits per heavy atom. The molecule has 1 aliphatic rings. The van der Waals surface area contributed by atoms with Gasteiger partial charge in [-0.3, -0.25) is 0 Å². The summed E-state index contributed by atoms with van der Waals surface area (Å²) >= 11 is 5.70. The van der Waals surface area contributed by atoms with Gasteiger partial charge in [0.25, 0.3) is 0 Å². The van der Waals surface area contributed by atoms with Gasteiger partial charge < -0.3 is 10.6 Å². The molecule has 2 rings (SSSR count). The average Bonchev–Trinajstić information content (AvgIpc) is 2.30. The molecule has 15 heavy (non-hydrogen) atoms. The van der Waals surface area contributed by atoms with Gasteiger partial charge in [-0.25, -0.2) is 9.97 Å². The highest BCUT2D eigenvalue weighted by atomic mass is 35.5. The van der Waals surface area contributed by atoms with Crippen molar-refractivity contribution >= 4 is 17.5 Å². The van der Waals surface area contributed by atoms with Crippen molar-refractivity contribution < 1.29 is 0 Å². The summed E-state index contributed by atoms with van der Waals surface area (Å²) in [6.07, 6.45) is 5.74. The number of nitrogens with one attached hydrogen (secondary N) is 2. The summed E-state index contributed by atoms with van der Waals surface area (Å²) in [6.45, 7) is 3.16. The van der Waals surface area contributed by atoms with Gasteiger partial charge in [0.15, 0.2) is 0 Å². The molecule has 0 saturated carbocycles. The first-order valence-electron chi connectivity index (χ1n) is 5.27. The normalized spacial score (nSPS) is 21.3. The van der Waals surface area contributed by atoms with Crippen molar-refractivity contribution in [3.63, 3.8) is 0 Å². The molecule has 0 spiro atoms. The fourth-order valence-electron chi connectivity index (χ4n) is 1.74. The molecule has 2 N–H and O–H groups in total. The van der Waals surface area contributed by atoms with E-state index in [0.717, 1.165) is 19.6 Å². The molecular formula is C10H15ClN4. The molecule has 82 valence electrons. The van der Waals surface area contributed by atoms with Gasteiger partial charge in [-0.1, -0.05) is 11.6 Å². The van der Waals surface area contributed by atoms with Crippen LogP contribution in [0.1, 0.15) is 12.8 Å². The minimum absolute atomic E-state index is 0.569. The maximum Gasteiger partial charge on any atom is 0.222 e. The van der Waals surface area contributed by atoms with E-state index >= 15 is 0 Å². The molecule has 1 aliphatic heterocycles. The third-order valence-corrected chi connectivity index (χ3v) is 2.76. The van der Waals surface area contributed by atoms with Crippen molar-refractivity contribution in [2.24, 2.45) is 5.92 Å². The van der Waals surface area contributed by atoms with Crippen molar-refractivity contribution in [1.29, 1.82) is 0 Å². The number of rotatable bonds is 3. The molecule has 1 atom stereocenters. The predicted octanol–water partition coefficient (Wildman–Crippen LogP) is 1.54. The number of anilines is 1. The Labute approximate surface area is 94.5 Å². The van der Waals surface area contributed by atoms with Crippen LogP contribution in [0.25, 0.3) is 0 Å². The Morgan fingerprint density at radius 3 is 2.93 bits per heavy atom. The number of nitrogens with zero attached hydrogens (tertiary/aromatic N) is 2. The van der Waals surface area contributed by atoms with Crippen molar-refractivity contribution in [2.75, 3.05) is 25.0 Å². The molecule has 1 aromatic rings. The van der Waals surface area contributed by atoms with Crippen LogP contribution in [0.3, 0.4) is 0 Å². The van der Waals surface area contributed by atoms with Crippen molar-refractivity contribution in [2.45, 2.75) is 12.8 Å². The molecule has 5 heteroatoms. The van der Waals surface area contributed by atoms with Gasteiger partial charge in [0.1, 0.15) is 0 Å². The van der Waals surface area contributed by atoms with Gasteiger partial charge in [0, 0.05) is 6.54 Å². The van der Waals surface area contributed by atoms with E-state index in [4.69, 9.17) is 11.6 Å². The zero-order valence-corrected chi connectivity index (χ0v) is 9.30. The first-order valence-corrected chi connectivity index (χ1v) is 5.64. The van der Waals surface area contributed by atoms with Crippen molar-refractivity contribution in [3.8, 4) is 0 Å². The Hall–Kier alpha value is -0.870. The highest BCUT2D eigenvalue weighted by Gasteiger charge is 2.12. The summed E-state index contributed by atoms with van der Waals surface area (Å²) in [5.74, 6) is 1.34. The third kappa shape index (κ3) is 3.32. The second kappa shape index (κ2) is 5.28. The zero-order valence-electron chi connectivity index (χ0n) is 8.54. The SMILES string of the molecule is Clc1cnc(NC[C@H]2CCCNC2)nc1. The van der Waals surface area contributed by atoms with E-state index in [1.54, 1.807) is 12.4 Å². The predicted molar refractivity (Wildman–Crippen MR) is 61.1 cm³/mol. The molecule has 0 aliphatic carbocycles. The summed E-state index contributed by atoms with van der Waals surface area (Å²) in [5, 5.41) is 7.17. The van der Waals surface area contributed by atoms with Crippen LogP contribution < -0.4 is 10.6 Å². The number of aromatic nitrogens is 2. The number of hydrogen-bond acceptors (Lipinski definition) is 4. The highest BCUT2D eigenvalue weighted by molar-refractivity contribution is 6.30. The number of halogens is 1. The average molecular weight is 227 g/mol. The molecule has 0 bridgehead atoms. The molecule has 1 saturated heterocycles. The van der Waals surface area contributed by atoms with Gasteiger partial charge in [-0.2, -0.15) is 0 Å². The minimum Gasteiger partial charge on any atom is -0.354 e. The molecule has 1 fully saturated rings. The first kappa shape index (κ1) is 10.6. The van der Waals surface area contributed by atoms with Crippen LogP contribution in [0.2, 0.25) is 5.02 Å². The van der Waals surface area contributed by atoms with Gasteiger partial charge in [-0.05, 0) is 31.8 Å². The minimum atomic E-state index is 0.569. The van der Waals surface area contributed by atoms with Gasteiger partial charge in [0.2, 0.25) is 5.95 Å². The molecular weight excluding hydrogens is 212 g/mol. The molecule has 4 nitrogen and oxygen atoms in total. The van der Waals surface area contributed by atoms with Gasteiger partial charge in [0.05, 0.1) is 17.4 Å². The molecule has 0 amide bonds. The van der Waals surface area contributed by atoms with Crippen LogP contribution >= 0.6 is 11.6 Å². The third-order valence-electron chi connectivity index (χ3n) is 2.57. The van der Waals surface area contributed by atoms with Crippen LogP contribution in [0.5, 0.6) is 0 Å². The topological polar surface area (TPSA) is 49.8 Å². The quantitative estimate of drug-likeness (QED) is 0.821. The lowest BCUT2D eigenvalue weighted by molar-refractivity contribution is 0.392. The second-order valence-electron chi connectivity index (χ2n) is 3.82. The Morgan fingerprint density at radius 2 is 2.27 bits per heavy atom. The van der Waals surface area contributed by atoms with Crippen LogP contribution in [-0.4, -0.2) is 29.6 Å². The van der Waals surface area contributed by atoms with Crippen molar-refractivity contribution in [3.05, 3.63) is 17.4 Å². The Bertz CT molecular complexity index is 295. The molecule has 1 aromatic heterocycles. The lowest BCUT2D eigenvalue weighted by Gasteiger charge is -2.22. The van der Waals surface area contributed by atoms with Crippen LogP contribution in [-0.2, 0) is 0 Å². The molecule has 2 heterocycles. The monoisotopic (exact) mass is 226 g/mol. The van der Waals surface area contributed by atoms with E-state index in [0.29, 0.717) is 16.9 Å². The van der Waals surface area contributed by atoms with Crippen LogP contribution in [0.15, 0.2) is 12.4 Å². The van der Waals surface area contributed by atoms with Crippen LogP contribution in [0, 0.1) is 5.92 Å². The smallest absolute Gasteiger partial charge is 0.222 e. The van der Waals surface area contributed by atoms with E-state index < -0.39 is 0 Å². The van der Waals surface area contributed by atoms with Crippen LogP contribution in [0.4, 0.5) is 5.95 Å². The maximum atomic E-state index is 5.70. The summed E-state index contributed by atoms with van der Waals surface area (Å²) in [4.78, 5) is 8.18. The Kier molecular flexibility index (Phi) is 3.75. The fourth-order valence-corrected chi connectivity index (χ4v) is 1.84. The van der Waals surface area contributed by atoms with E-state index in [2.05, 4.69) is 20.6 Å². The number of hydrogen-bond donors (Lipinski definition) is 2. The standard InChI is InChI=1S/C10H15ClN4/c11-9-6-14-10(15-7-9)13-5-8-2-1-3-12-4-8/h6-8,12H,1-5H2,(H,13,14,15)/t8-/m0/s1. The Balaban J connectivity index is 1.79. The van der Waals surface area contributed by atoms with Crippen molar-refractivity contribution in [1.82, 2.24) is 15.3 Å². The first-order chi connectivity index (χ1) is 7.34. The summed E-state index contributed by atoms with van der Waals surface area (Å²) < 4.78 is 0.